The maximum Gasteiger partial charge on any atom is 0.131 e. The number of hydrogen-bond donors (Lipinski definition) is 1. The Kier molecular flexibility index (Phi) is 3.40. The molecule has 0 spiro atoms. The molecule has 104 valence electrons. The van der Waals surface area contributed by atoms with Crippen LogP contribution >= 0.6 is 0 Å². The molecule has 0 bridgehead atoms. The van der Waals surface area contributed by atoms with Crippen LogP contribution in [0.1, 0.15) is 22.7 Å². The molecule has 0 saturated carbocycles. The minimum atomic E-state index is -0.541. The maximum atomic E-state index is 13.9. The first-order valence-corrected chi connectivity index (χ1v) is 6.57. The second-order valence-electron chi connectivity index (χ2n) is 4.82. The number of halogens is 2. The van der Waals surface area contributed by atoms with E-state index in [9.17, 15) is 8.78 Å². The molecule has 1 unspecified atom stereocenters. The molecule has 0 amide bonds. The van der Waals surface area contributed by atoms with Gasteiger partial charge in [0, 0.05) is 12.0 Å². The molecule has 1 atom stereocenters. The molecule has 3 rings (SSSR count). The molecule has 2 nitrogen and oxygen atoms in total. The quantitative estimate of drug-likeness (QED) is 0.928. The Morgan fingerprint density at radius 3 is 2.60 bits per heavy atom. The average molecular weight is 275 g/mol. The first kappa shape index (κ1) is 13.1. The normalized spacial score (nSPS) is 14.8. The van der Waals surface area contributed by atoms with Gasteiger partial charge in [-0.15, -0.1) is 0 Å². The predicted octanol–water partition coefficient (Wildman–Crippen LogP) is 3.21. The summed E-state index contributed by atoms with van der Waals surface area (Å²) in [5.41, 5.74) is 1.97. The Morgan fingerprint density at radius 1 is 1.15 bits per heavy atom. The lowest BCUT2D eigenvalue weighted by molar-refractivity contribution is 0.357. The molecule has 1 heterocycles. The van der Waals surface area contributed by atoms with Crippen molar-refractivity contribution < 1.29 is 13.5 Å². The third-order valence-electron chi connectivity index (χ3n) is 3.62. The van der Waals surface area contributed by atoms with Crippen molar-refractivity contribution in [3.8, 4) is 5.75 Å². The summed E-state index contributed by atoms with van der Waals surface area (Å²) in [5, 5.41) is 2.99. The molecule has 0 aliphatic carbocycles. The Bertz CT molecular complexity index is 622. The molecule has 4 heteroatoms. The fraction of sp³-hybridized carbons (Fsp3) is 0.250. The van der Waals surface area contributed by atoms with Gasteiger partial charge in [-0.3, -0.25) is 0 Å². The van der Waals surface area contributed by atoms with Gasteiger partial charge in [-0.2, -0.15) is 0 Å². The summed E-state index contributed by atoms with van der Waals surface area (Å²) in [6.07, 6.45) is 0.833. The molecule has 0 aromatic heterocycles. The van der Waals surface area contributed by atoms with E-state index in [1.54, 1.807) is 7.05 Å². The van der Waals surface area contributed by atoms with E-state index in [1.165, 1.54) is 18.2 Å². The van der Waals surface area contributed by atoms with Gasteiger partial charge in [-0.1, -0.05) is 18.2 Å². The van der Waals surface area contributed by atoms with E-state index in [2.05, 4.69) is 5.32 Å². The second kappa shape index (κ2) is 5.21. The number of nitrogens with one attached hydrogen (secondary N) is 1. The molecule has 1 aliphatic heterocycles. The maximum absolute atomic E-state index is 13.9. The summed E-state index contributed by atoms with van der Waals surface area (Å²) < 4.78 is 33.3. The van der Waals surface area contributed by atoms with E-state index < -0.39 is 17.7 Å². The summed E-state index contributed by atoms with van der Waals surface area (Å²) in [7, 11) is 1.69. The Balaban J connectivity index is 2.06. The Morgan fingerprint density at radius 2 is 1.90 bits per heavy atom. The van der Waals surface area contributed by atoms with Crippen LogP contribution in [-0.2, 0) is 6.42 Å². The minimum Gasteiger partial charge on any atom is -0.493 e. The fourth-order valence-electron chi connectivity index (χ4n) is 2.65. The monoisotopic (exact) mass is 275 g/mol. The van der Waals surface area contributed by atoms with Gasteiger partial charge in [0.15, 0.2) is 0 Å². The van der Waals surface area contributed by atoms with Crippen molar-refractivity contribution in [2.75, 3.05) is 13.7 Å². The number of benzene rings is 2. The zero-order valence-corrected chi connectivity index (χ0v) is 11.1. The predicted molar refractivity (Wildman–Crippen MR) is 72.9 cm³/mol. The Hall–Kier alpha value is -1.94. The summed E-state index contributed by atoms with van der Waals surface area (Å²) in [4.78, 5) is 0. The lowest BCUT2D eigenvalue weighted by Crippen LogP contribution is -2.20. The van der Waals surface area contributed by atoms with Gasteiger partial charge in [-0.25, -0.2) is 8.78 Å². The van der Waals surface area contributed by atoms with Crippen LogP contribution in [0.2, 0.25) is 0 Å². The smallest absolute Gasteiger partial charge is 0.131 e. The van der Waals surface area contributed by atoms with Gasteiger partial charge in [-0.05, 0) is 36.4 Å². The summed E-state index contributed by atoms with van der Waals surface area (Å²) in [6, 6.07) is 9.07. The van der Waals surface area contributed by atoms with Crippen LogP contribution in [-0.4, -0.2) is 13.7 Å². The summed E-state index contributed by atoms with van der Waals surface area (Å²) >= 11 is 0. The topological polar surface area (TPSA) is 21.3 Å². The highest BCUT2D eigenvalue weighted by Crippen LogP contribution is 2.32. The number of hydrogen-bond acceptors (Lipinski definition) is 2. The molecule has 1 N–H and O–H groups in total. The third kappa shape index (κ3) is 2.16. The number of fused-ring (bicyclic) bond motifs is 1. The molecular weight excluding hydrogens is 260 g/mol. The highest BCUT2D eigenvalue weighted by atomic mass is 19.1. The SMILES string of the molecule is CNC(c1ccc2c(c1)CCO2)c1c(F)cccc1F. The molecule has 0 fully saturated rings. The average Bonchev–Trinajstić information content (AvgIpc) is 2.90. The zero-order chi connectivity index (χ0) is 14.1. The van der Waals surface area contributed by atoms with Gasteiger partial charge in [0.25, 0.3) is 0 Å². The molecule has 0 radical (unpaired) electrons. The van der Waals surface area contributed by atoms with Crippen molar-refractivity contribution in [1.29, 1.82) is 0 Å². The van der Waals surface area contributed by atoms with Crippen molar-refractivity contribution in [3.05, 3.63) is 64.7 Å². The number of ether oxygens (including phenoxy) is 1. The van der Waals surface area contributed by atoms with Gasteiger partial charge in [0.05, 0.1) is 12.6 Å². The van der Waals surface area contributed by atoms with Crippen LogP contribution in [0.4, 0.5) is 8.78 Å². The first-order valence-electron chi connectivity index (χ1n) is 6.57. The van der Waals surface area contributed by atoms with Crippen molar-refractivity contribution in [1.82, 2.24) is 5.32 Å². The Labute approximate surface area is 116 Å². The highest BCUT2D eigenvalue weighted by Gasteiger charge is 2.22. The molecule has 2 aromatic carbocycles. The highest BCUT2D eigenvalue weighted by molar-refractivity contribution is 5.43. The molecule has 2 aromatic rings. The lowest BCUT2D eigenvalue weighted by Gasteiger charge is -2.19. The number of rotatable bonds is 3. The second-order valence-corrected chi connectivity index (χ2v) is 4.82. The molecule has 20 heavy (non-hydrogen) atoms. The standard InChI is InChI=1S/C16H15F2NO/c1-19-16(15-12(17)3-2-4-13(15)18)11-5-6-14-10(9-11)7-8-20-14/h2-6,9,16,19H,7-8H2,1H3. The molecular formula is C16H15F2NO. The van der Waals surface area contributed by atoms with E-state index in [1.807, 2.05) is 18.2 Å². The molecule has 0 saturated heterocycles. The van der Waals surface area contributed by atoms with Crippen LogP contribution in [0.25, 0.3) is 0 Å². The minimum absolute atomic E-state index is 0.0499. The van der Waals surface area contributed by atoms with Crippen LogP contribution in [0, 0.1) is 11.6 Å². The van der Waals surface area contributed by atoms with Crippen molar-refractivity contribution in [2.24, 2.45) is 0 Å². The van der Waals surface area contributed by atoms with Crippen LogP contribution in [0.15, 0.2) is 36.4 Å². The van der Waals surface area contributed by atoms with Crippen molar-refractivity contribution in [2.45, 2.75) is 12.5 Å². The van der Waals surface area contributed by atoms with E-state index >= 15 is 0 Å². The van der Waals surface area contributed by atoms with Gasteiger partial charge < -0.3 is 10.1 Å². The van der Waals surface area contributed by atoms with Crippen LogP contribution in [0.3, 0.4) is 0 Å². The van der Waals surface area contributed by atoms with E-state index in [0.29, 0.717) is 6.61 Å². The third-order valence-corrected chi connectivity index (χ3v) is 3.62. The zero-order valence-electron chi connectivity index (χ0n) is 11.1. The van der Waals surface area contributed by atoms with Crippen LogP contribution < -0.4 is 10.1 Å². The lowest BCUT2D eigenvalue weighted by atomic mass is 9.95. The van der Waals surface area contributed by atoms with Gasteiger partial charge in [0.1, 0.15) is 17.4 Å². The van der Waals surface area contributed by atoms with E-state index in [0.717, 1.165) is 23.3 Å². The van der Waals surface area contributed by atoms with Crippen LogP contribution in [0.5, 0.6) is 5.75 Å². The fourth-order valence-corrected chi connectivity index (χ4v) is 2.65. The van der Waals surface area contributed by atoms with Gasteiger partial charge >= 0.3 is 0 Å². The first-order chi connectivity index (χ1) is 9.70. The van der Waals surface area contributed by atoms with Gasteiger partial charge in [0.2, 0.25) is 0 Å². The largest absolute Gasteiger partial charge is 0.493 e. The van der Waals surface area contributed by atoms with E-state index in [-0.39, 0.29) is 5.56 Å². The summed E-state index contributed by atoms with van der Waals surface area (Å²) in [5.74, 6) is -0.222. The van der Waals surface area contributed by atoms with Crippen molar-refractivity contribution >= 4 is 0 Å². The summed E-state index contributed by atoms with van der Waals surface area (Å²) in [6.45, 7) is 0.664. The van der Waals surface area contributed by atoms with E-state index in [4.69, 9.17) is 4.74 Å². The molecule has 1 aliphatic rings. The van der Waals surface area contributed by atoms with Crippen molar-refractivity contribution in [3.63, 3.8) is 0 Å².